The maximum Gasteiger partial charge on any atom is 0.413 e. The lowest BCUT2D eigenvalue weighted by atomic mass is 9.85. The summed E-state index contributed by atoms with van der Waals surface area (Å²) in [5, 5.41) is 15.1. The molecule has 1 aromatic carbocycles. The highest BCUT2D eigenvalue weighted by atomic mass is 32.2. The van der Waals surface area contributed by atoms with Crippen LogP contribution in [0.4, 0.5) is 4.79 Å². The third-order valence-corrected chi connectivity index (χ3v) is 6.76. The predicted molar refractivity (Wildman–Crippen MR) is 147 cm³/mol. The monoisotopic (exact) mass is 531 g/mol. The van der Waals surface area contributed by atoms with E-state index in [1.165, 1.54) is 5.56 Å². The molecule has 0 saturated carbocycles. The number of rotatable bonds is 12. The van der Waals surface area contributed by atoms with Gasteiger partial charge in [-0.2, -0.15) is 17.0 Å². The minimum Gasteiger partial charge on any atom is -0.449 e. The number of amides is 2. The molecule has 10 heteroatoms. The molecule has 1 aromatic rings. The zero-order valence-electron chi connectivity index (χ0n) is 22.5. The van der Waals surface area contributed by atoms with E-state index in [1.807, 2.05) is 62.9 Å². The maximum absolute atomic E-state index is 12.7. The molecule has 1 fully saturated rings. The van der Waals surface area contributed by atoms with E-state index in [9.17, 15) is 14.9 Å². The number of hydrogen-bond donors (Lipinski definition) is 2. The van der Waals surface area contributed by atoms with Crippen LogP contribution in [-0.2, 0) is 20.0 Å². The van der Waals surface area contributed by atoms with Gasteiger partial charge in [0.05, 0.1) is 25.9 Å². The van der Waals surface area contributed by atoms with Gasteiger partial charge in [0.15, 0.2) is 0 Å². The Morgan fingerprint density at radius 2 is 1.95 bits per heavy atom. The van der Waals surface area contributed by atoms with E-state index in [4.69, 9.17) is 9.47 Å². The molecule has 1 heterocycles. The lowest BCUT2D eigenvalue weighted by Gasteiger charge is -2.30. The lowest BCUT2D eigenvalue weighted by Crippen LogP contribution is -2.49. The number of alkyl carbamates (subject to hydrolysis) is 1. The van der Waals surface area contributed by atoms with Crippen LogP contribution in [0.3, 0.4) is 0 Å². The van der Waals surface area contributed by atoms with Gasteiger partial charge < -0.3 is 19.7 Å². The summed E-state index contributed by atoms with van der Waals surface area (Å²) in [7, 11) is 0. The summed E-state index contributed by atoms with van der Waals surface area (Å²) >= 11 is 1.63. The lowest BCUT2D eigenvalue weighted by molar-refractivity contribution is -0.123. The first-order chi connectivity index (χ1) is 17.7. The molecule has 0 radical (unpaired) electrons. The van der Waals surface area contributed by atoms with Crippen molar-refractivity contribution < 1.29 is 19.1 Å². The molecule has 0 aliphatic carbocycles. The Labute approximate surface area is 225 Å². The van der Waals surface area contributed by atoms with Crippen LogP contribution in [0, 0.1) is 22.7 Å². The van der Waals surface area contributed by atoms with Crippen LogP contribution in [-0.4, -0.2) is 74.1 Å². The third kappa shape index (κ3) is 12.8. The van der Waals surface area contributed by atoms with Gasteiger partial charge in [-0.15, -0.1) is 0 Å². The zero-order valence-corrected chi connectivity index (χ0v) is 23.3. The molecule has 0 aromatic heterocycles. The second kappa shape index (κ2) is 16.2. The van der Waals surface area contributed by atoms with Crippen LogP contribution in [0.2, 0.25) is 0 Å². The summed E-state index contributed by atoms with van der Waals surface area (Å²) in [6.45, 7) is 11.1. The van der Waals surface area contributed by atoms with Crippen molar-refractivity contribution in [2.75, 3.05) is 45.2 Å². The molecule has 2 rings (SSSR count). The topological polar surface area (TPSA) is 116 Å². The van der Waals surface area contributed by atoms with E-state index in [0.29, 0.717) is 57.6 Å². The number of ether oxygens (including phenoxy) is 2. The Morgan fingerprint density at radius 3 is 2.59 bits per heavy atom. The SMILES string of the molecule is CC(C)COC(=O)NC(=NCCC(C)(C)CC(=O)NC(C#N)CSCc1ccccc1)N1CCOCC1. The quantitative estimate of drug-likeness (QED) is 0.311. The first-order valence-electron chi connectivity index (χ1n) is 12.8. The minimum atomic E-state index is -0.538. The van der Waals surface area contributed by atoms with Crippen molar-refractivity contribution in [2.45, 2.75) is 52.3 Å². The summed E-state index contributed by atoms with van der Waals surface area (Å²) in [5.41, 5.74) is 0.857. The van der Waals surface area contributed by atoms with Crippen molar-refractivity contribution in [1.29, 1.82) is 5.26 Å². The van der Waals surface area contributed by atoms with E-state index in [-0.39, 0.29) is 23.7 Å². The van der Waals surface area contributed by atoms with Crippen LogP contribution in [0.25, 0.3) is 0 Å². The Kier molecular flexibility index (Phi) is 13.3. The molecule has 0 bridgehead atoms. The molecule has 37 heavy (non-hydrogen) atoms. The standard InChI is InChI=1S/C27H41N5O4S/c1-21(2)18-36-26(34)31-25(32-12-14-35-15-13-32)29-11-10-27(3,4)16-24(33)30-23(17-28)20-37-19-22-8-6-5-7-9-22/h5-9,21,23H,10-16,18-20H2,1-4H3,(H,30,33)(H,29,31,34). The molecule has 0 spiro atoms. The van der Waals surface area contributed by atoms with Gasteiger partial charge in [0.25, 0.3) is 0 Å². The van der Waals surface area contributed by atoms with E-state index in [1.54, 1.807) is 11.8 Å². The molecule has 1 saturated heterocycles. The van der Waals surface area contributed by atoms with Crippen LogP contribution < -0.4 is 10.6 Å². The van der Waals surface area contributed by atoms with Gasteiger partial charge in [-0.25, -0.2) is 4.79 Å². The third-order valence-electron chi connectivity index (χ3n) is 5.65. The first-order valence-corrected chi connectivity index (χ1v) is 14.0. The number of guanidine groups is 1. The maximum atomic E-state index is 12.7. The highest BCUT2D eigenvalue weighted by molar-refractivity contribution is 7.98. The predicted octanol–water partition coefficient (Wildman–Crippen LogP) is 3.80. The largest absolute Gasteiger partial charge is 0.449 e. The average Bonchev–Trinajstić information content (AvgIpc) is 2.87. The Hall–Kier alpha value is -2.77. The van der Waals surface area contributed by atoms with Gasteiger partial charge in [-0.05, 0) is 23.3 Å². The molecular weight excluding hydrogens is 490 g/mol. The molecule has 1 aliphatic heterocycles. The van der Waals surface area contributed by atoms with Crippen molar-refractivity contribution in [3.05, 3.63) is 35.9 Å². The van der Waals surface area contributed by atoms with Crippen LogP contribution >= 0.6 is 11.8 Å². The summed E-state index contributed by atoms with van der Waals surface area (Å²) in [4.78, 5) is 31.5. The Morgan fingerprint density at radius 1 is 1.24 bits per heavy atom. The first kappa shape index (κ1) is 30.5. The highest BCUT2D eigenvalue weighted by Gasteiger charge is 2.24. The van der Waals surface area contributed by atoms with Crippen LogP contribution in [0.15, 0.2) is 35.3 Å². The zero-order chi connectivity index (χ0) is 27.1. The number of carbonyl (C=O) groups excluding carboxylic acids is 2. The average molecular weight is 532 g/mol. The molecule has 9 nitrogen and oxygen atoms in total. The smallest absolute Gasteiger partial charge is 0.413 e. The molecule has 204 valence electrons. The van der Waals surface area contributed by atoms with Gasteiger partial charge >= 0.3 is 6.09 Å². The Balaban J connectivity index is 1.84. The van der Waals surface area contributed by atoms with Crippen LogP contribution in [0.5, 0.6) is 0 Å². The molecule has 2 N–H and O–H groups in total. The number of thioether (sulfide) groups is 1. The fourth-order valence-electron chi connectivity index (χ4n) is 3.58. The van der Waals surface area contributed by atoms with Crippen molar-refractivity contribution in [2.24, 2.45) is 16.3 Å². The highest BCUT2D eigenvalue weighted by Crippen LogP contribution is 2.25. The summed E-state index contributed by atoms with van der Waals surface area (Å²) in [6.07, 6.45) is 0.392. The normalized spacial score (nSPS) is 15.1. The number of carbonyl (C=O) groups is 2. The summed E-state index contributed by atoms with van der Waals surface area (Å²) in [6, 6.07) is 11.7. The second-order valence-corrected chi connectivity index (χ2v) is 11.3. The van der Waals surface area contributed by atoms with Crippen molar-refractivity contribution in [3.8, 4) is 6.07 Å². The van der Waals surface area contributed by atoms with E-state index in [2.05, 4.69) is 21.7 Å². The number of nitrogens with one attached hydrogen (secondary N) is 2. The number of hydrogen-bond acceptors (Lipinski definition) is 7. The van der Waals surface area contributed by atoms with Crippen molar-refractivity contribution >= 4 is 29.7 Å². The molecule has 2 amide bonds. The fourth-order valence-corrected chi connectivity index (χ4v) is 4.52. The molecule has 1 atom stereocenters. The van der Waals surface area contributed by atoms with Gasteiger partial charge in [0, 0.05) is 37.6 Å². The number of nitrogens with zero attached hydrogens (tertiary/aromatic N) is 3. The second-order valence-electron chi connectivity index (χ2n) is 10.3. The minimum absolute atomic E-state index is 0.148. The molecule has 1 unspecified atom stereocenters. The van der Waals surface area contributed by atoms with Crippen molar-refractivity contribution in [3.63, 3.8) is 0 Å². The number of morpholine rings is 1. The fraction of sp³-hybridized carbons (Fsp3) is 0.630. The summed E-state index contributed by atoms with van der Waals surface area (Å²) in [5.74, 6) is 1.89. The number of nitriles is 1. The van der Waals surface area contributed by atoms with E-state index in [0.717, 1.165) is 5.75 Å². The van der Waals surface area contributed by atoms with Gasteiger partial charge in [0.2, 0.25) is 11.9 Å². The van der Waals surface area contributed by atoms with Gasteiger partial charge in [-0.1, -0.05) is 58.0 Å². The Bertz CT molecular complexity index is 911. The van der Waals surface area contributed by atoms with E-state index < -0.39 is 12.1 Å². The van der Waals surface area contributed by atoms with Crippen LogP contribution in [0.1, 0.15) is 46.1 Å². The van der Waals surface area contributed by atoms with Gasteiger partial charge in [-0.3, -0.25) is 15.1 Å². The van der Waals surface area contributed by atoms with Crippen molar-refractivity contribution in [1.82, 2.24) is 15.5 Å². The van der Waals surface area contributed by atoms with E-state index >= 15 is 0 Å². The number of aliphatic imine (C=N–C) groups is 1. The summed E-state index contributed by atoms with van der Waals surface area (Å²) < 4.78 is 10.7. The number of benzene rings is 1. The molecule has 1 aliphatic rings. The molecular formula is C27H41N5O4S. The van der Waals surface area contributed by atoms with Gasteiger partial charge in [0.1, 0.15) is 6.04 Å².